The number of aryl methyl sites for hydroxylation is 1. The van der Waals surface area contributed by atoms with Crippen molar-refractivity contribution in [3.05, 3.63) is 47.8 Å². The standard InChI is InChI=1S/C21H24N4O4/c1-24-17(6-8-23-24)19(27)22-10-15-16-11-25(12-21(16)7-5-18(15)29-21)20(28)13-3-2-4-14(26)9-13/h2-4,6,8-9,15-16,18,26H,5,7,10-12H2,1H3,(H,22,27)/t15-,16+,18+,21+/m0/s1. The molecular weight excluding hydrogens is 372 g/mol. The van der Waals surface area contributed by atoms with Crippen molar-refractivity contribution in [3.8, 4) is 5.75 Å². The highest BCUT2D eigenvalue weighted by Crippen LogP contribution is 2.54. The number of fused-ring (bicyclic) bond motifs is 1. The largest absolute Gasteiger partial charge is 0.508 e. The average Bonchev–Trinajstić information content (AvgIpc) is 3.45. The van der Waals surface area contributed by atoms with E-state index in [1.807, 2.05) is 4.90 Å². The smallest absolute Gasteiger partial charge is 0.269 e. The summed E-state index contributed by atoms with van der Waals surface area (Å²) in [6, 6.07) is 8.14. The van der Waals surface area contributed by atoms with Gasteiger partial charge >= 0.3 is 0 Å². The Labute approximate surface area is 168 Å². The van der Waals surface area contributed by atoms with Crippen LogP contribution in [0.3, 0.4) is 0 Å². The number of carbonyl (C=O) groups excluding carboxylic acids is 2. The van der Waals surface area contributed by atoms with Gasteiger partial charge in [-0.05, 0) is 37.1 Å². The minimum Gasteiger partial charge on any atom is -0.508 e. The van der Waals surface area contributed by atoms with Crippen LogP contribution in [0.2, 0.25) is 0 Å². The zero-order valence-corrected chi connectivity index (χ0v) is 16.2. The second-order valence-corrected chi connectivity index (χ2v) is 8.32. The van der Waals surface area contributed by atoms with Crippen molar-refractivity contribution < 1.29 is 19.4 Å². The molecule has 1 aromatic carbocycles. The first kappa shape index (κ1) is 18.2. The molecule has 1 spiro atoms. The molecule has 1 aromatic heterocycles. The number of rotatable bonds is 4. The Morgan fingerprint density at radius 1 is 1.38 bits per heavy atom. The van der Waals surface area contributed by atoms with Gasteiger partial charge in [-0.2, -0.15) is 5.10 Å². The van der Waals surface area contributed by atoms with E-state index in [0.29, 0.717) is 30.9 Å². The third kappa shape index (κ3) is 2.90. The fourth-order valence-corrected chi connectivity index (χ4v) is 5.34. The van der Waals surface area contributed by atoms with Crippen molar-refractivity contribution in [1.82, 2.24) is 20.0 Å². The Bertz CT molecular complexity index is 973. The van der Waals surface area contributed by atoms with Gasteiger partial charge in [0.15, 0.2) is 0 Å². The summed E-state index contributed by atoms with van der Waals surface area (Å²) >= 11 is 0. The van der Waals surface area contributed by atoms with E-state index in [4.69, 9.17) is 4.74 Å². The van der Waals surface area contributed by atoms with E-state index < -0.39 is 0 Å². The monoisotopic (exact) mass is 396 g/mol. The molecule has 3 saturated heterocycles. The van der Waals surface area contributed by atoms with Crippen LogP contribution >= 0.6 is 0 Å². The number of aromatic hydroxyl groups is 1. The number of nitrogens with one attached hydrogen (secondary N) is 1. The topological polar surface area (TPSA) is 96.7 Å². The Kier molecular flexibility index (Phi) is 4.13. The number of phenols is 1. The Hall–Kier alpha value is -2.87. The zero-order valence-electron chi connectivity index (χ0n) is 16.2. The lowest BCUT2D eigenvalue weighted by Gasteiger charge is -2.29. The number of hydrogen-bond donors (Lipinski definition) is 2. The van der Waals surface area contributed by atoms with E-state index in [0.717, 1.165) is 12.8 Å². The van der Waals surface area contributed by atoms with Crippen LogP contribution in [0.4, 0.5) is 0 Å². The van der Waals surface area contributed by atoms with Gasteiger partial charge < -0.3 is 20.1 Å². The van der Waals surface area contributed by atoms with Crippen molar-refractivity contribution >= 4 is 11.8 Å². The maximum absolute atomic E-state index is 12.9. The van der Waals surface area contributed by atoms with Crippen molar-refractivity contribution in [2.24, 2.45) is 18.9 Å². The molecule has 0 unspecified atom stereocenters. The minimum absolute atomic E-state index is 0.0846. The molecule has 0 radical (unpaired) electrons. The summed E-state index contributed by atoms with van der Waals surface area (Å²) in [5.74, 6) is 0.237. The number of nitrogens with zero attached hydrogens (tertiary/aromatic N) is 3. The molecule has 3 aliphatic rings. The summed E-state index contributed by atoms with van der Waals surface area (Å²) in [6.07, 6.45) is 3.63. The molecular formula is C21H24N4O4. The van der Waals surface area contributed by atoms with E-state index in [1.165, 1.54) is 6.07 Å². The molecule has 8 nitrogen and oxygen atoms in total. The number of aromatic nitrogens is 2. The van der Waals surface area contributed by atoms with Crippen molar-refractivity contribution in [2.45, 2.75) is 24.5 Å². The van der Waals surface area contributed by atoms with Crippen molar-refractivity contribution in [1.29, 1.82) is 0 Å². The predicted molar refractivity (Wildman–Crippen MR) is 103 cm³/mol. The molecule has 3 aliphatic heterocycles. The number of likely N-dealkylation sites (tertiary alicyclic amines) is 1. The number of benzene rings is 1. The number of phenolic OH excluding ortho intramolecular Hbond substituents is 1. The van der Waals surface area contributed by atoms with Gasteiger partial charge in [0.2, 0.25) is 0 Å². The van der Waals surface area contributed by atoms with Gasteiger partial charge in [-0.15, -0.1) is 0 Å². The summed E-state index contributed by atoms with van der Waals surface area (Å²) in [7, 11) is 1.74. The summed E-state index contributed by atoms with van der Waals surface area (Å²) in [6.45, 7) is 1.70. The molecule has 2 aromatic rings. The first-order valence-corrected chi connectivity index (χ1v) is 9.99. The van der Waals surface area contributed by atoms with Crippen LogP contribution in [-0.2, 0) is 11.8 Å². The van der Waals surface area contributed by atoms with Gasteiger partial charge in [0, 0.05) is 43.7 Å². The number of ether oxygens (including phenoxy) is 1. The third-order valence-corrected chi connectivity index (χ3v) is 6.72. The first-order valence-electron chi connectivity index (χ1n) is 9.99. The average molecular weight is 396 g/mol. The number of carbonyl (C=O) groups is 2. The van der Waals surface area contributed by atoms with Gasteiger partial charge in [0.1, 0.15) is 11.4 Å². The van der Waals surface area contributed by atoms with E-state index in [-0.39, 0.29) is 41.1 Å². The van der Waals surface area contributed by atoms with Crippen LogP contribution in [0, 0.1) is 11.8 Å². The quantitative estimate of drug-likeness (QED) is 0.809. The van der Waals surface area contributed by atoms with E-state index in [2.05, 4.69) is 10.4 Å². The van der Waals surface area contributed by atoms with E-state index in [1.54, 1.807) is 42.2 Å². The lowest BCUT2D eigenvalue weighted by molar-refractivity contribution is 0.00317. The Balaban J connectivity index is 1.29. The molecule has 2 bridgehead atoms. The summed E-state index contributed by atoms with van der Waals surface area (Å²) in [5, 5.41) is 16.8. The van der Waals surface area contributed by atoms with Crippen LogP contribution in [0.1, 0.15) is 33.7 Å². The fourth-order valence-electron chi connectivity index (χ4n) is 5.34. The predicted octanol–water partition coefficient (Wildman–Crippen LogP) is 1.18. The van der Waals surface area contributed by atoms with Gasteiger partial charge in [0.05, 0.1) is 18.2 Å². The maximum Gasteiger partial charge on any atom is 0.269 e. The van der Waals surface area contributed by atoms with Gasteiger partial charge in [-0.1, -0.05) is 6.07 Å². The molecule has 152 valence electrons. The van der Waals surface area contributed by atoms with Crippen LogP contribution in [0.15, 0.2) is 36.5 Å². The molecule has 4 atom stereocenters. The molecule has 0 saturated carbocycles. The zero-order chi connectivity index (χ0) is 20.2. The summed E-state index contributed by atoms with van der Waals surface area (Å²) in [5.41, 5.74) is 0.701. The second-order valence-electron chi connectivity index (χ2n) is 8.32. The second kappa shape index (κ2) is 6.59. The number of hydrogen-bond acceptors (Lipinski definition) is 5. The molecule has 29 heavy (non-hydrogen) atoms. The maximum atomic E-state index is 12.9. The van der Waals surface area contributed by atoms with Crippen molar-refractivity contribution in [2.75, 3.05) is 19.6 Å². The molecule has 4 heterocycles. The van der Waals surface area contributed by atoms with Gasteiger partial charge in [-0.3, -0.25) is 14.3 Å². The van der Waals surface area contributed by atoms with E-state index >= 15 is 0 Å². The minimum atomic E-state index is -0.306. The van der Waals surface area contributed by atoms with Crippen LogP contribution in [0.5, 0.6) is 5.75 Å². The van der Waals surface area contributed by atoms with Crippen LogP contribution in [0.25, 0.3) is 0 Å². The van der Waals surface area contributed by atoms with Crippen LogP contribution in [-0.4, -0.2) is 62.9 Å². The van der Waals surface area contributed by atoms with Gasteiger partial charge in [0.25, 0.3) is 11.8 Å². The molecule has 3 fully saturated rings. The summed E-state index contributed by atoms with van der Waals surface area (Å²) < 4.78 is 7.93. The molecule has 0 aliphatic carbocycles. The van der Waals surface area contributed by atoms with Gasteiger partial charge in [-0.25, -0.2) is 0 Å². The van der Waals surface area contributed by atoms with Crippen molar-refractivity contribution in [3.63, 3.8) is 0 Å². The highest BCUT2D eigenvalue weighted by molar-refractivity contribution is 5.95. The highest BCUT2D eigenvalue weighted by atomic mass is 16.5. The molecule has 8 heteroatoms. The third-order valence-electron chi connectivity index (χ3n) is 6.72. The SMILES string of the molecule is Cn1nccc1C(=O)NC[C@H]1[C@H]2CN(C(=O)c3cccc(O)c3)C[C@]23CC[C@H]1O3. The molecule has 5 rings (SSSR count). The lowest BCUT2D eigenvalue weighted by atomic mass is 9.73. The Morgan fingerprint density at radius 3 is 3.00 bits per heavy atom. The first-order chi connectivity index (χ1) is 14.0. The van der Waals surface area contributed by atoms with Crippen LogP contribution < -0.4 is 5.32 Å². The summed E-state index contributed by atoms with van der Waals surface area (Å²) in [4.78, 5) is 27.2. The van der Waals surface area contributed by atoms with E-state index in [9.17, 15) is 14.7 Å². The molecule has 2 amide bonds. The Morgan fingerprint density at radius 2 is 2.24 bits per heavy atom. The lowest BCUT2D eigenvalue weighted by Crippen LogP contribution is -2.42. The fraction of sp³-hybridized carbons (Fsp3) is 0.476. The number of amides is 2. The normalized spacial score (nSPS) is 29.8. The molecule has 2 N–H and O–H groups in total. The highest BCUT2D eigenvalue weighted by Gasteiger charge is 2.63.